The summed E-state index contributed by atoms with van der Waals surface area (Å²) in [6, 6.07) is 13.5. The van der Waals surface area contributed by atoms with Crippen LogP contribution in [0.2, 0.25) is 0 Å². The van der Waals surface area contributed by atoms with E-state index in [1.165, 1.54) is 69.1 Å². The second-order valence-electron chi connectivity index (χ2n) is 10.5. The van der Waals surface area contributed by atoms with Crippen LogP contribution in [0.4, 0.5) is 5.69 Å². The van der Waals surface area contributed by atoms with Crippen molar-refractivity contribution < 1.29 is 14.3 Å². The van der Waals surface area contributed by atoms with Gasteiger partial charge in [-0.3, -0.25) is 4.79 Å². The highest BCUT2D eigenvalue weighted by atomic mass is 32.2. The average Bonchev–Trinajstić information content (AvgIpc) is 3.35. The Hall–Kier alpha value is -2.60. The van der Waals surface area contributed by atoms with Gasteiger partial charge in [0.2, 0.25) is 0 Å². The van der Waals surface area contributed by atoms with E-state index in [1.807, 2.05) is 42.1 Å². The predicted octanol–water partition coefficient (Wildman–Crippen LogP) is 9.40. The van der Waals surface area contributed by atoms with Gasteiger partial charge in [0.25, 0.3) is 5.91 Å². The smallest absolute Gasteiger partial charge is 0.259 e. The number of amides is 1. The summed E-state index contributed by atoms with van der Waals surface area (Å²) in [7, 11) is 1.63. The zero-order valence-corrected chi connectivity index (χ0v) is 25.1. The number of hydrogen-bond donors (Lipinski definition) is 1. The molecule has 0 aliphatic carbocycles. The van der Waals surface area contributed by atoms with Crippen LogP contribution in [0.25, 0.3) is 0 Å². The molecule has 1 aliphatic heterocycles. The Bertz CT molecular complexity index is 1040. The standard InChI is InChI=1S/C33H48N2O3S/c1-4-5-6-7-8-9-10-11-12-13-14-15-21-38-32-23-30(37-3)19-20-31(32)33(36)34-29-18-16-17-28(22-29)25-35-24-27(2)39-26-35/h16-20,22-24H,4-15,21,25-26H2,1-3H3,(H,34,36). The molecular weight excluding hydrogens is 504 g/mol. The van der Waals surface area contributed by atoms with Gasteiger partial charge in [0.1, 0.15) is 11.5 Å². The molecular formula is C33H48N2O3S. The number of thioether (sulfide) groups is 1. The molecule has 0 bridgehead atoms. The third-order valence-corrected chi connectivity index (χ3v) is 8.10. The van der Waals surface area contributed by atoms with Crippen LogP contribution in [0, 0.1) is 0 Å². The third kappa shape index (κ3) is 11.6. The van der Waals surface area contributed by atoms with Crippen LogP contribution < -0.4 is 14.8 Å². The summed E-state index contributed by atoms with van der Waals surface area (Å²) < 4.78 is 11.5. The molecule has 2 aromatic rings. The van der Waals surface area contributed by atoms with E-state index in [9.17, 15) is 4.79 Å². The van der Waals surface area contributed by atoms with E-state index in [-0.39, 0.29) is 5.91 Å². The number of nitrogens with zero attached hydrogens (tertiary/aromatic N) is 1. The van der Waals surface area contributed by atoms with Crippen molar-refractivity contribution in [2.45, 2.75) is 97.4 Å². The summed E-state index contributed by atoms with van der Waals surface area (Å²) in [6.45, 7) is 5.83. The Morgan fingerprint density at radius 2 is 1.62 bits per heavy atom. The van der Waals surface area contributed by atoms with Crippen molar-refractivity contribution in [1.29, 1.82) is 0 Å². The van der Waals surface area contributed by atoms with E-state index in [4.69, 9.17) is 9.47 Å². The lowest BCUT2D eigenvalue weighted by atomic mass is 10.1. The van der Waals surface area contributed by atoms with Crippen LogP contribution in [0.1, 0.15) is 107 Å². The largest absolute Gasteiger partial charge is 0.497 e. The summed E-state index contributed by atoms with van der Waals surface area (Å²) in [4.78, 5) is 16.8. The number of hydrogen-bond acceptors (Lipinski definition) is 5. The normalized spacial score (nSPS) is 12.9. The van der Waals surface area contributed by atoms with Crippen LogP contribution in [0.3, 0.4) is 0 Å². The molecule has 0 radical (unpaired) electrons. The first-order valence-corrected chi connectivity index (χ1v) is 15.8. The molecule has 214 valence electrons. The van der Waals surface area contributed by atoms with E-state index in [0.717, 1.165) is 36.5 Å². The number of allylic oxidation sites excluding steroid dienone is 1. The number of carbonyl (C=O) groups excluding carboxylic acids is 1. The van der Waals surface area contributed by atoms with Gasteiger partial charge in [-0.1, -0.05) is 89.7 Å². The summed E-state index contributed by atoms with van der Waals surface area (Å²) in [6.07, 6.45) is 17.8. The Labute approximate surface area is 240 Å². The fourth-order valence-electron chi connectivity index (χ4n) is 4.85. The number of nitrogens with one attached hydrogen (secondary N) is 1. The molecule has 6 heteroatoms. The van der Waals surface area contributed by atoms with Crippen molar-refractivity contribution in [2.75, 3.05) is 24.9 Å². The van der Waals surface area contributed by atoms with Crippen LogP contribution in [-0.2, 0) is 6.54 Å². The molecule has 0 saturated carbocycles. The molecule has 3 rings (SSSR count). The highest BCUT2D eigenvalue weighted by molar-refractivity contribution is 8.03. The van der Waals surface area contributed by atoms with Gasteiger partial charge in [-0.05, 0) is 48.1 Å². The summed E-state index contributed by atoms with van der Waals surface area (Å²) in [5.41, 5.74) is 2.47. The molecule has 5 nitrogen and oxygen atoms in total. The Morgan fingerprint density at radius 3 is 2.26 bits per heavy atom. The van der Waals surface area contributed by atoms with E-state index in [1.54, 1.807) is 13.2 Å². The molecule has 0 aromatic heterocycles. The molecule has 0 saturated heterocycles. The van der Waals surface area contributed by atoms with Crippen LogP contribution in [0.5, 0.6) is 11.5 Å². The number of benzene rings is 2. The molecule has 0 unspecified atom stereocenters. The SMILES string of the molecule is CCCCCCCCCCCCCCOc1cc(OC)ccc1C(=O)Nc1cccc(CN2C=C(C)SC2)c1. The van der Waals surface area contributed by atoms with Crippen LogP contribution in [-0.4, -0.2) is 30.4 Å². The van der Waals surface area contributed by atoms with Crippen LogP contribution in [0.15, 0.2) is 53.6 Å². The minimum Gasteiger partial charge on any atom is -0.497 e. The minimum atomic E-state index is -0.174. The maximum atomic E-state index is 13.2. The Kier molecular flexibility index (Phi) is 14.2. The molecule has 2 aromatic carbocycles. The minimum absolute atomic E-state index is 0.174. The highest BCUT2D eigenvalue weighted by Gasteiger charge is 2.15. The number of carbonyl (C=O) groups is 1. The Balaban J connectivity index is 1.42. The Morgan fingerprint density at radius 1 is 0.923 bits per heavy atom. The fourth-order valence-corrected chi connectivity index (χ4v) is 5.61. The average molecular weight is 553 g/mol. The summed E-state index contributed by atoms with van der Waals surface area (Å²) in [5.74, 6) is 2.05. The zero-order chi connectivity index (χ0) is 27.7. The van der Waals surface area contributed by atoms with Gasteiger partial charge in [-0.2, -0.15) is 0 Å². The second-order valence-corrected chi connectivity index (χ2v) is 11.7. The lowest BCUT2D eigenvalue weighted by Crippen LogP contribution is -2.15. The maximum absolute atomic E-state index is 13.2. The van der Waals surface area contributed by atoms with Gasteiger partial charge in [-0.25, -0.2) is 0 Å². The maximum Gasteiger partial charge on any atom is 0.259 e. The van der Waals surface area contributed by atoms with Gasteiger partial charge in [0.15, 0.2) is 0 Å². The lowest BCUT2D eigenvalue weighted by Gasteiger charge is -2.16. The van der Waals surface area contributed by atoms with E-state index < -0.39 is 0 Å². The highest BCUT2D eigenvalue weighted by Crippen LogP contribution is 2.28. The number of ether oxygens (including phenoxy) is 2. The van der Waals surface area contributed by atoms with Crippen molar-refractivity contribution in [1.82, 2.24) is 4.90 Å². The molecule has 0 atom stereocenters. The van der Waals surface area contributed by atoms with Gasteiger partial charge in [0, 0.05) is 24.5 Å². The topological polar surface area (TPSA) is 50.8 Å². The summed E-state index contributed by atoms with van der Waals surface area (Å²) in [5, 5.41) is 3.06. The second kappa shape index (κ2) is 17.9. The van der Waals surface area contributed by atoms with Gasteiger partial charge >= 0.3 is 0 Å². The quantitative estimate of drug-likeness (QED) is 0.176. The lowest BCUT2D eigenvalue weighted by molar-refractivity contribution is 0.102. The van der Waals surface area contributed by atoms with Crippen molar-refractivity contribution in [3.05, 3.63) is 64.7 Å². The number of methoxy groups -OCH3 is 1. The van der Waals surface area contributed by atoms with Crippen molar-refractivity contribution >= 4 is 23.4 Å². The van der Waals surface area contributed by atoms with E-state index in [0.29, 0.717) is 23.7 Å². The van der Waals surface area contributed by atoms with Gasteiger partial charge < -0.3 is 19.7 Å². The molecule has 0 fully saturated rings. The van der Waals surface area contributed by atoms with Crippen molar-refractivity contribution in [2.24, 2.45) is 0 Å². The number of unbranched alkanes of at least 4 members (excludes halogenated alkanes) is 11. The van der Waals surface area contributed by atoms with Gasteiger partial charge in [-0.15, -0.1) is 11.8 Å². The first-order valence-electron chi connectivity index (χ1n) is 14.9. The number of anilines is 1. The summed E-state index contributed by atoms with van der Waals surface area (Å²) >= 11 is 1.85. The first kappa shape index (κ1) is 30.9. The monoisotopic (exact) mass is 552 g/mol. The molecule has 39 heavy (non-hydrogen) atoms. The molecule has 1 aliphatic rings. The van der Waals surface area contributed by atoms with E-state index >= 15 is 0 Å². The van der Waals surface area contributed by atoms with Gasteiger partial charge in [0.05, 0.1) is 25.2 Å². The zero-order valence-electron chi connectivity index (χ0n) is 24.3. The number of rotatable bonds is 19. The van der Waals surface area contributed by atoms with Crippen molar-refractivity contribution in [3.63, 3.8) is 0 Å². The molecule has 1 heterocycles. The molecule has 1 amide bonds. The fraction of sp³-hybridized carbons (Fsp3) is 0.545. The van der Waals surface area contributed by atoms with Crippen LogP contribution >= 0.6 is 11.8 Å². The third-order valence-electron chi connectivity index (χ3n) is 7.08. The van der Waals surface area contributed by atoms with Crippen molar-refractivity contribution in [3.8, 4) is 11.5 Å². The molecule has 1 N–H and O–H groups in total. The predicted molar refractivity (Wildman–Crippen MR) is 166 cm³/mol. The first-order chi connectivity index (χ1) is 19.1. The molecule has 0 spiro atoms. The van der Waals surface area contributed by atoms with E-state index in [2.05, 4.69) is 36.3 Å².